The molecule has 0 atom stereocenters. The zero-order valence-corrected chi connectivity index (χ0v) is 14.5. The molecule has 0 unspecified atom stereocenters. The standard InChI is InChI=1S/C18H18Cl2F2/c1-10(2)11-7-13(19)17(14(20)8-11)18(3,4)12-5-6-15(21)16(22)9-12/h5-10H,1-4H3. The molecule has 0 aromatic heterocycles. The van der Waals surface area contributed by atoms with Gasteiger partial charge in [0.05, 0.1) is 0 Å². The van der Waals surface area contributed by atoms with Crippen molar-refractivity contribution in [2.24, 2.45) is 0 Å². The monoisotopic (exact) mass is 342 g/mol. The Bertz CT molecular complexity index is 683. The minimum absolute atomic E-state index is 0.301. The minimum Gasteiger partial charge on any atom is -0.204 e. The Labute approximate surface area is 140 Å². The molecule has 2 aromatic rings. The van der Waals surface area contributed by atoms with Gasteiger partial charge >= 0.3 is 0 Å². The summed E-state index contributed by atoms with van der Waals surface area (Å²) in [5.41, 5.74) is 1.73. The van der Waals surface area contributed by atoms with Gasteiger partial charge in [-0.1, -0.05) is 57.0 Å². The maximum absolute atomic E-state index is 13.6. The second kappa shape index (κ2) is 6.17. The molecule has 0 saturated carbocycles. The van der Waals surface area contributed by atoms with E-state index in [0.29, 0.717) is 27.1 Å². The third-order valence-electron chi connectivity index (χ3n) is 4.00. The summed E-state index contributed by atoms with van der Waals surface area (Å²) < 4.78 is 26.7. The zero-order valence-electron chi connectivity index (χ0n) is 13.0. The van der Waals surface area contributed by atoms with Gasteiger partial charge in [-0.15, -0.1) is 0 Å². The van der Waals surface area contributed by atoms with Crippen LogP contribution in [-0.2, 0) is 5.41 Å². The van der Waals surface area contributed by atoms with Gasteiger partial charge in [-0.25, -0.2) is 8.78 Å². The van der Waals surface area contributed by atoms with Crippen molar-refractivity contribution in [3.63, 3.8) is 0 Å². The molecule has 2 rings (SSSR count). The maximum Gasteiger partial charge on any atom is 0.159 e. The van der Waals surface area contributed by atoms with Gasteiger partial charge in [0.15, 0.2) is 11.6 Å². The van der Waals surface area contributed by atoms with E-state index in [9.17, 15) is 8.78 Å². The molecule has 0 aliphatic rings. The van der Waals surface area contributed by atoms with Gasteiger partial charge in [-0.2, -0.15) is 0 Å². The van der Waals surface area contributed by atoms with Crippen LogP contribution < -0.4 is 0 Å². The molecule has 0 N–H and O–H groups in total. The fourth-order valence-corrected chi connectivity index (χ4v) is 3.53. The van der Waals surface area contributed by atoms with Crippen LogP contribution in [0.5, 0.6) is 0 Å². The molecule has 118 valence electrons. The summed E-state index contributed by atoms with van der Waals surface area (Å²) in [6.07, 6.45) is 0. The average Bonchev–Trinajstić information content (AvgIpc) is 2.40. The van der Waals surface area contributed by atoms with E-state index in [4.69, 9.17) is 23.2 Å². The fraction of sp³-hybridized carbons (Fsp3) is 0.333. The molecule has 0 bridgehead atoms. The van der Waals surface area contributed by atoms with E-state index in [0.717, 1.165) is 11.6 Å². The Hall–Kier alpha value is -1.12. The van der Waals surface area contributed by atoms with Crippen LogP contribution >= 0.6 is 23.2 Å². The highest BCUT2D eigenvalue weighted by Gasteiger charge is 2.29. The summed E-state index contributed by atoms with van der Waals surface area (Å²) in [6, 6.07) is 7.64. The van der Waals surface area contributed by atoms with Gasteiger partial charge < -0.3 is 0 Å². The molecule has 0 saturated heterocycles. The maximum atomic E-state index is 13.6. The molecular formula is C18H18Cl2F2. The first-order valence-electron chi connectivity index (χ1n) is 7.09. The molecule has 0 spiro atoms. The average molecular weight is 343 g/mol. The van der Waals surface area contributed by atoms with Crippen LogP contribution in [0.3, 0.4) is 0 Å². The van der Waals surface area contributed by atoms with Crippen molar-refractivity contribution >= 4 is 23.2 Å². The highest BCUT2D eigenvalue weighted by molar-refractivity contribution is 6.36. The predicted molar refractivity (Wildman–Crippen MR) is 89.0 cm³/mol. The molecule has 0 aliphatic carbocycles. The lowest BCUT2D eigenvalue weighted by molar-refractivity contribution is 0.502. The van der Waals surface area contributed by atoms with Crippen molar-refractivity contribution in [2.75, 3.05) is 0 Å². The van der Waals surface area contributed by atoms with Gasteiger partial charge in [0.25, 0.3) is 0 Å². The van der Waals surface area contributed by atoms with E-state index in [-0.39, 0.29) is 0 Å². The van der Waals surface area contributed by atoms with E-state index in [1.165, 1.54) is 6.07 Å². The first-order valence-corrected chi connectivity index (χ1v) is 7.85. The Kier molecular flexibility index (Phi) is 4.84. The van der Waals surface area contributed by atoms with Crippen LogP contribution in [0.15, 0.2) is 30.3 Å². The lowest BCUT2D eigenvalue weighted by Crippen LogP contribution is -2.21. The van der Waals surface area contributed by atoms with Gasteiger partial charge in [0.2, 0.25) is 0 Å². The molecular weight excluding hydrogens is 325 g/mol. The van der Waals surface area contributed by atoms with Crippen LogP contribution in [0.2, 0.25) is 10.0 Å². The van der Waals surface area contributed by atoms with Gasteiger partial charge in [0, 0.05) is 15.5 Å². The van der Waals surface area contributed by atoms with E-state index < -0.39 is 17.0 Å². The van der Waals surface area contributed by atoms with E-state index in [1.54, 1.807) is 6.07 Å². The first kappa shape index (κ1) is 17.2. The van der Waals surface area contributed by atoms with Crippen molar-refractivity contribution < 1.29 is 8.78 Å². The third-order valence-corrected chi connectivity index (χ3v) is 4.59. The molecule has 22 heavy (non-hydrogen) atoms. The Morgan fingerprint density at radius 1 is 0.909 bits per heavy atom. The summed E-state index contributed by atoms with van der Waals surface area (Å²) in [6.45, 7) is 7.90. The van der Waals surface area contributed by atoms with Crippen molar-refractivity contribution in [1.82, 2.24) is 0 Å². The number of benzene rings is 2. The Morgan fingerprint density at radius 2 is 1.45 bits per heavy atom. The summed E-state index contributed by atoms with van der Waals surface area (Å²) in [5.74, 6) is -1.45. The van der Waals surface area contributed by atoms with Crippen molar-refractivity contribution in [1.29, 1.82) is 0 Å². The second-order valence-electron chi connectivity index (χ2n) is 6.27. The topological polar surface area (TPSA) is 0 Å². The molecule has 0 aliphatic heterocycles. The van der Waals surface area contributed by atoms with Gasteiger partial charge in [-0.05, 0) is 46.9 Å². The molecule has 0 amide bonds. The van der Waals surface area contributed by atoms with Crippen LogP contribution in [0.1, 0.15) is 50.3 Å². The lowest BCUT2D eigenvalue weighted by Gasteiger charge is -2.29. The Balaban J connectivity index is 2.60. The molecule has 0 nitrogen and oxygen atoms in total. The van der Waals surface area contributed by atoms with Gasteiger partial charge in [-0.3, -0.25) is 0 Å². The first-order chi connectivity index (χ1) is 10.1. The number of hydrogen-bond donors (Lipinski definition) is 0. The normalized spacial score (nSPS) is 12.0. The molecule has 0 radical (unpaired) electrons. The number of halogens is 4. The summed E-state index contributed by atoms with van der Waals surface area (Å²) in [7, 11) is 0. The van der Waals surface area contributed by atoms with Crippen molar-refractivity contribution in [2.45, 2.75) is 39.0 Å². The highest BCUT2D eigenvalue weighted by atomic mass is 35.5. The van der Waals surface area contributed by atoms with Crippen LogP contribution in [0, 0.1) is 11.6 Å². The van der Waals surface area contributed by atoms with E-state index >= 15 is 0 Å². The summed E-state index contributed by atoms with van der Waals surface area (Å²) >= 11 is 12.9. The molecule has 4 heteroatoms. The SMILES string of the molecule is CC(C)c1cc(Cl)c(C(C)(C)c2ccc(F)c(F)c2)c(Cl)c1. The number of rotatable bonds is 3. The fourth-order valence-electron chi connectivity index (χ4n) is 2.55. The van der Waals surface area contributed by atoms with Crippen molar-refractivity contribution in [3.05, 3.63) is 68.7 Å². The largest absolute Gasteiger partial charge is 0.204 e. The van der Waals surface area contributed by atoms with E-state index in [1.807, 2.05) is 26.0 Å². The van der Waals surface area contributed by atoms with E-state index in [2.05, 4.69) is 13.8 Å². The van der Waals surface area contributed by atoms with Crippen LogP contribution in [0.25, 0.3) is 0 Å². The van der Waals surface area contributed by atoms with Crippen LogP contribution in [-0.4, -0.2) is 0 Å². The lowest BCUT2D eigenvalue weighted by atomic mass is 9.77. The molecule has 0 heterocycles. The van der Waals surface area contributed by atoms with Gasteiger partial charge in [0.1, 0.15) is 0 Å². The highest BCUT2D eigenvalue weighted by Crippen LogP contribution is 2.42. The molecule has 0 fully saturated rings. The third kappa shape index (κ3) is 3.13. The second-order valence-corrected chi connectivity index (χ2v) is 7.08. The smallest absolute Gasteiger partial charge is 0.159 e. The summed E-state index contributed by atoms with van der Waals surface area (Å²) in [5, 5.41) is 1.07. The van der Waals surface area contributed by atoms with Crippen molar-refractivity contribution in [3.8, 4) is 0 Å². The number of hydrogen-bond acceptors (Lipinski definition) is 0. The Morgan fingerprint density at radius 3 is 1.91 bits per heavy atom. The summed E-state index contributed by atoms with van der Waals surface area (Å²) in [4.78, 5) is 0. The zero-order chi connectivity index (χ0) is 16.7. The molecule has 2 aromatic carbocycles. The van der Waals surface area contributed by atoms with Crippen LogP contribution in [0.4, 0.5) is 8.78 Å². The minimum atomic E-state index is -0.878. The predicted octanol–water partition coefficient (Wildman–Crippen LogP) is 6.72. The quantitative estimate of drug-likeness (QED) is 0.580.